The van der Waals surface area contributed by atoms with Crippen LogP contribution in [0.1, 0.15) is 22.3 Å². The van der Waals surface area contributed by atoms with E-state index >= 15 is 0 Å². The van der Waals surface area contributed by atoms with E-state index in [0.717, 1.165) is 0 Å². The molecule has 2 aromatic rings. The summed E-state index contributed by atoms with van der Waals surface area (Å²) in [5.41, 5.74) is 5.70. The second-order valence-corrected chi connectivity index (χ2v) is 5.81. The Kier molecular flexibility index (Phi) is 3.95. The highest BCUT2D eigenvalue weighted by atomic mass is 16.3. The third kappa shape index (κ3) is 2.49. The molecule has 0 spiro atoms. The van der Waals surface area contributed by atoms with Gasteiger partial charge in [-0.15, -0.1) is 6.58 Å². The molecule has 0 unspecified atom stereocenters. The molecule has 3 rings (SSSR count). The van der Waals surface area contributed by atoms with Crippen LogP contribution < -0.4 is 10.6 Å². The van der Waals surface area contributed by atoms with Crippen LogP contribution in [0.15, 0.2) is 61.2 Å². The first-order valence-electron chi connectivity index (χ1n) is 7.61. The fourth-order valence-electron chi connectivity index (χ4n) is 3.03. The predicted molar refractivity (Wildman–Crippen MR) is 92.7 cm³/mol. The lowest BCUT2D eigenvalue weighted by atomic mass is 9.88. The smallest absolute Gasteiger partial charge is 0.264 e. The van der Waals surface area contributed by atoms with E-state index in [1.807, 2.05) is 0 Å². The molecule has 1 heterocycles. The summed E-state index contributed by atoms with van der Waals surface area (Å²) in [6.45, 7) is 3.91. The lowest BCUT2D eigenvalue weighted by Crippen LogP contribution is -2.41. The Balaban J connectivity index is 1.98. The molecule has 0 bridgehead atoms. The minimum atomic E-state index is -1.87. The summed E-state index contributed by atoms with van der Waals surface area (Å²) in [5, 5.41) is 11.0. The van der Waals surface area contributed by atoms with Crippen LogP contribution in [0.25, 0.3) is 0 Å². The second-order valence-electron chi connectivity index (χ2n) is 5.81. The average Bonchev–Trinajstić information content (AvgIpc) is 2.78. The summed E-state index contributed by atoms with van der Waals surface area (Å²) in [5.74, 6) is -0.853. The average molecular weight is 322 g/mol. The molecule has 0 radical (unpaired) electrons. The molecule has 122 valence electrons. The molecule has 5 nitrogen and oxygen atoms in total. The van der Waals surface area contributed by atoms with Crippen molar-refractivity contribution in [1.29, 1.82) is 0 Å². The van der Waals surface area contributed by atoms with Crippen molar-refractivity contribution in [2.75, 3.05) is 17.2 Å². The van der Waals surface area contributed by atoms with E-state index in [2.05, 4.69) is 6.58 Å². The van der Waals surface area contributed by atoms with E-state index in [-0.39, 0.29) is 18.7 Å². The minimum absolute atomic E-state index is 0.268. The highest BCUT2D eigenvalue weighted by Gasteiger charge is 2.50. The van der Waals surface area contributed by atoms with Crippen LogP contribution in [0.3, 0.4) is 0 Å². The number of carbonyl (C=O) groups is 2. The van der Waals surface area contributed by atoms with Crippen LogP contribution in [-0.2, 0) is 10.4 Å². The van der Waals surface area contributed by atoms with Gasteiger partial charge in [0.15, 0.2) is 11.4 Å². The number of para-hydroxylation sites is 1. The number of Topliss-reactive ketones (excluding diaryl/α,β-unsaturated/α-hetero) is 1. The summed E-state index contributed by atoms with van der Waals surface area (Å²) in [6.07, 6.45) is 1.25. The van der Waals surface area contributed by atoms with Gasteiger partial charge in [0.2, 0.25) is 0 Å². The Morgan fingerprint density at radius 1 is 1.25 bits per heavy atom. The van der Waals surface area contributed by atoms with Gasteiger partial charge in [0, 0.05) is 23.4 Å². The number of nitrogens with zero attached hydrogens (tertiary/aromatic N) is 1. The third-order valence-electron chi connectivity index (χ3n) is 4.18. The topological polar surface area (TPSA) is 83.6 Å². The first kappa shape index (κ1) is 16.0. The van der Waals surface area contributed by atoms with Crippen LogP contribution in [0.2, 0.25) is 0 Å². The number of nitrogens with two attached hydrogens (primary N) is 1. The van der Waals surface area contributed by atoms with Crippen molar-refractivity contribution in [1.82, 2.24) is 0 Å². The number of rotatable bonds is 5. The summed E-state index contributed by atoms with van der Waals surface area (Å²) < 4.78 is 0. The molecule has 3 N–H and O–H groups in total. The van der Waals surface area contributed by atoms with Crippen molar-refractivity contribution in [3.63, 3.8) is 0 Å². The van der Waals surface area contributed by atoms with E-state index in [4.69, 9.17) is 5.73 Å². The zero-order valence-electron chi connectivity index (χ0n) is 13.1. The van der Waals surface area contributed by atoms with Crippen molar-refractivity contribution in [3.8, 4) is 0 Å². The number of ketones is 1. The highest BCUT2D eigenvalue weighted by Crippen LogP contribution is 2.42. The van der Waals surface area contributed by atoms with Crippen LogP contribution >= 0.6 is 0 Å². The molecule has 1 aliphatic rings. The summed E-state index contributed by atoms with van der Waals surface area (Å²) in [4.78, 5) is 26.8. The first-order valence-corrected chi connectivity index (χ1v) is 7.61. The fourth-order valence-corrected chi connectivity index (χ4v) is 3.03. The largest absolute Gasteiger partial charge is 0.399 e. The third-order valence-corrected chi connectivity index (χ3v) is 4.18. The van der Waals surface area contributed by atoms with Gasteiger partial charge < -0.3 is 15.7 Å². The lowest BCUT2D eigenvalue weighted by molar-refractivity contribution is -0.135. The number of amides is 1. The Bertz CT molecular complexity index is 831. The zero-order chi connectivity index (χ0) is 17.3. The molecule has 5 heteroatoms. The van der Waals surface area contributed by atoms with Crippen molar-refractivity contribution in [2.45, 2.75) is 12.0 Å². The number of hydrogen-bond acceptors (Lipinski definition) is 4. The first-order chi connectivity index (χ1) is 11.5. The molecule has 1 amide bonds. The van der Waals surface area contributed by atoms with E-state index < -0.39 is 11.5 Å². The van der Waals surface area contributed by atoms with Gasteiger partial charge in [-0.3, -0.25) is 9.59 Å². The SMILES string of the molecule is C=CCN1C(=O)[C@](O)(CC(=O)c2cccc(N)c2)c2ccccc21. The minimum Gasteiger partial charge on any atom is -0.399 e. The maximum Gasteiger partial charge on any atom is 0.264 e. The molecule has 0 aromatic heterocycles. The molecule has 24 heavy (non-hydrogen) atoms. The number of benzene rings is 2. The van der Waals surface area contributed by atoms with E-state index in [0.29, 0.717) is 22.5 Å². The Labute approximate surface area is 140 Å². The lowest BCUT2D eigenvalue weighted by Gasteiger charge is -2.22. The van der Waals surface area contributed by atoms with Gasteiger partial charge in [0.1, 0.15) is 0 Å². The van der Waals surface area contributed by atoms with Crippen molar-refractivity contribution >= 4 is 23.1 Å². The second kappa shape index (κ2) is 5.94. The molecule has 1 aliphatic heterocycles. The Morgan fingerprint density at radius 2 is 2.00 bits per heavy atom. The van der Waals surface area contributed by atoms with Crippen LogP contribution in [-0.4, -0.2) is 23.3 Å². The maximum absolute atomic E-state index is 12.8. The van der Waals surface area contributed by atoms with Crippen LogP contribution in [0.4, 0.5) is 11.4 Å². The van der Waals surface area contributed by atoms with Crippen molar-refractivity contribution in [3.05, 3.63) is 72.3 Å². The van der Waals surface area contributed by atoms with Gasteiger partial charge in [-0.2, -0.15) is 0 Å². The number of aliphatic hydroxyl groups is 1. The molecule has 0 saturated heterocycles. The van der Waals surface area contributed by atoms with Gasteiger partial charge in [-0.05, 0) is 18.2 Å². The Morgan fingerprint density at radius 3 is 2.71 bits per heavy atom. The summed E-state index contributed by atoms with van der Waals surface area (Å²) in [7, 11) is 0. The van der Waals surface area contributed by atoms with Gasteiger partial charge in [-0.25, -0.2) is 0 Å². The molecular formula is C19H18N2O3. The molecule has 0 fully saturated rings. The van der Waals surface area contributed by atoms with E-state index in [1.165, 1.54) is 4.90 Å². The number of fused-ring (bicyclic) bond motifs is 1. The quantitative estimate of drug-likeness (QED) is 0.502. The maximum atomic E-state index is 12.8. The summed E-state index contributed by atoms with van der Waals surface area (Å²) >= 11 is 0. The highest BCUT2D eigenvalue weighted by molar-refractivity contribution is 6.11. The molecular weight excluding hydrogens is 304 g/mol. The van der Waals surface area contributed by atoms with E-state index in [9.17, 15) is 14.7 Å². The van der Waals surface area contributed by atoms with Gasteiger partial charge in [-0.1, -0.05) is 36.4 Å². The van der Waals surface area contributed by atoms with Gasteiger partial charge in [0.05, 0.1) is 12.1 Å². The predicted octanol–water partition coefficient (Wildman–Crippen LogP) is 2.26. The molecule has 0 aliphatic carbocycles. The summed E-state index contributed by atoms with van der Waals surface area (Å²) in [6, 6.07) is 13.4. The fraction of sp³-hybridized carbons (Fsp3) is 0.158. The number of anilines is 2. The zero-order valence-corrected chi connectivity index (χ0v) is 13.1. The molecule has 0 saturated carbocycles. The van der Waals surface area contributed by atoms with Crippen LogP contribution in [0.5, 0.6) is 0 Å². The Hall–Kier alpha value is -2.92. The van der Waals surface area contributed by atoms with Crippen LogP contribution in [0, 0.1) is 0 Å². The van der Waals surface area contributed by atoms with E-state index in [1.54, 1.807) is 54.6 Å². The monoisotopic (exact) mass is 322 g/mol. The number of hydrogen-bond donors (Lipinski definition) is 2. The number of nitrogen functional groups attached to an aromatic ring is 1. The number of carbonyl (C=O) groups excluding carboxylic acids is 2. The molecule has 2 aromatic carbocycles. The van der Waals surface area contributed by atoms with Crippen molar-refractivity contribution < 1.29 is 14.7 Å². The van der Waals surface area contributed by atoms with Gasteiger partial charge >= 0.3 is 0 Å². The van der Waals surface area contributed by atoms with Crippen molar-refractivity contribution in [2.24, 2.45) is 0 Å². The standard InChI is InChI=1S/C19H18N2O3/c1-2-10-21-16-9-4-3-8-15(16)19(24,18(21)23)12-17(22)13-6-5-7-14(20)11-13/h2-9,11,24H,1,10,12,20H2/t19-/m0/s1. The molecule has 1 atom stereocenters. The normalized spacial score (nSPS) is 19.2. The van der Waals surface area contributed by atoms with Gasteiger partial charge in [0.25, 0.3) is 5.91 Å².